The summed E-state index contributed by atoms with van der Waals surface area (Å²) in [4.78, 5) is 51.0. The number of hydrogen-bond donors (Lipinski definition) is 0. The maximum Gasteiger partial charge on any atom is 0.332 e. The molecule has 0 bridgehead atoms. The molecule has 11 nitrogen and oxygen atoms in total. The van der Waals surface area contributed by atoms with E-state index in [2.05, 4.69) is 15.0 Å². The van der Waals surface area contributed by atoms with E-state index in [1.165, 1.54) is 35.8 Å². The molecule has 3 aromatic heterocycles. The number of hydrogen-bond acceptors (Lipinski definition) is 7. The number of rotatable bonds is 4. The number of imidazole rings is 1. The van der Waals surface area contributed by atoms with Gasteiger partial charge in [-0.25, -0.2) is 14.8 Å². The van der Waals surface area contributed by atoms with Crippen molar-refractivity contribution in [3.63, 3.8) is 0 Å². The third kappa shape index (κ3) is 3.04. The highest BCUT2D eigenvalue weighted by atomic mass is 16.5. The number of carbonyl (C=O) groups excluding carboxylic acids is 1. The molecule has 1 saturated heterocycles. The summed E-state index contributed by atoms with van der Waals surface area (Å²) in [6.07, 6.45) is 6.57. The van der Waals surface area contributed by atoms with Gasteiger partial charge in [0.1, 0.15) is 12.6 Å². The molecule has 28 heavy (non-hydrogen) atoms. The van der Waals surface area contributed by atoms with Crippen LogP contribution in [-0.4, -0.2) is 58.7 Å². The first-order valence-corrected chi connectivity index (χ1v) is 8.77. The van der Waals surface area contributed by atoms with Crippen molar-refractivity contribution in [2.75, 3.05) is 13.1 Å². The lowest BCUT2D eigenvalue weighted by molar-refractivity contribution is -0.131. The van der Waals surface area contributed by atoms with E-state index in [1.54, 1.807) is 17.3 Å². The molecule has 3 aromatic rings. The van der Waals surface area contributed by atoms with E-state index in [1.807, 2.05) is 0 Å². The van der Waals surface area contributed by atoms with Crippen LogP contribution < -0.4 is 16.0 Å². The minimum Gasteiger partial charge on any atom is -0.471 e. The first-order valence-electron chi connectivity index (χ1n) is 8.77. The van der Waals surface area contributed by atoms with Crippen LogP contribution in [0.5, 0.6) is 5.88 Å². The Bertz CT molecular complexity index is 1150. The molecular weight excluding hydrogens is 366 g/mol. The van der Waals surface area contributed by atoms with Gasteiger partial charge in [-0.2, -0.15) is 0 Å². The van der Waals surface area contributed by atoms with Crippen molar-refractivity contribution >= 4 is 17.1 Å². The molecule has 1 fully saturated rings. The Morgan fingerprint density at radius 2 is 2.04 bits per heavy atom. The molecule has 0 spiro atoms. The zero-order valence-corrected chi connectivity index (χ0v) is 15.5. The molecule has 1 aliphatic rings. The second-order valence-electron chi connectivity index (χ2n) is 6.66. The van der Waals surface area contributed by atoms with Crippen molar-refractivity contribution in [1.29, 1.82) is 0 Å². The number of likely N-dealkylation sites (tertiary alicyclic amines) is 1. The average molecular weight is 385 g/mol. The second-order valence-corrected chi connectivity index (χ2v) is 6.66. The van der Waals surface area contributed by atoms with Crippen molar-refractivity contribution in [1.82, 2.24) is 33.6 Å². The van der Waals surface area contributed by atoms with Crippen molar-refractivity contribution in [2.24, 2.45) is 14.1 Å². The number of aryl methyl sites for hydroxylation is 1. The van der Waals surface area contributed by atoms with Gasteiger partial charge in [0.2, 0.25) is 11.8 Å². The summed E-state index contributed by atoms with van der Waals surface area (Å²) in [5.74, 6) is 0.271. The van der Waals surface area contributed by atoms with E-state index in [4.69, 9.17) is 4.74 Å². The van der Waals surface area contributed by atoms with E-state index in [9.17, 15) is 14.4 Å². The van der Waals surface area contributed by atoms with Gasteiger partial charge in [-0.3, -0.25) is 23.7 Å². The van der Waals surface area contributed by atoms with Crippen molar-refractivity contribution in [3.05, 3.63) is 45.8 Å². The number of fused-ring (bicyclic) bond motifs is 1. The second kappa shape index (κ2) is 6.91. The van der Waals surface area contributed by atoms with Crippen LogP contribution in [0.3, 0.4) is 0 Å². The van der Waals surface area contributed by atoms with Crippen LogP contribution in [0.4, 0.5) is 0 Å². The standard InChI is InChI=1S/C17H19N7O4/c1-21-15-14(16(26)22(2)17(21)27)24(10-20-15)9-13(25)23-6-3-11(8-23)28-12-7-18-4-5-19-12/h4-5,7,10-11H,3,6,8-9H2,1-2H3. The van der Waals surface area contributed by atoms with Crippen LogP contribution in [0, 0.1) is 0 Å². The molecule has 4 heterocycles. The molecule has 1 unspecified atom stereocenters. The van der Waals surface area contributed by atoms with Gasteiger partial charge in [-0.05, 0) is 0 Å². The molecule has 0 radical (unpaired) electrons. The number of aromatic nitrogens is 6. The monoisotopic (exact) mass is 385 g/mol. The van der Waals surface area contributed by atoms with Crippen LogP contribution in [0.25, 0.3) is 11.2 Å². The van der Waals surface area contributed by atoms with E-state index in [0.717, 1.165) is 4.57 Å². The zero-order valence-electron chi connectivity index (χ0n) is 15.5. The van der Waals surface area contributed by atoms with Gasteiger partial charge in [0.15, 0.2) is 11.2 Å². The van der Waals surface area contributed by atoms with Crippen molar-refractivity contribution in [2.45, 2.75) is 19.1 Å². The Morgan fingerprint density at radius 3 is 2.79 bits per heavy atom. The lowest BCUT2D eigenvalue weighted by atomic mass is 10.3. The Balaban J connectivity index is 1.50. The molecule has 11 heteroatoms. The third-order valence-electron chi connectivity index (χ3n) is 4.85. The molecule has 1 atom stereocenters. The van der Waals surface area contributed by atoms with Crippen molar-refractivity contribution < 1.29 is 9.53 Å². The first-order chi connectivity index (χ1) is 13.5. The van der Waals surface area contributed by atoms with E-state index >= 15 is 0 Å². The minimum absolute atomic E-state index is 0.0399. The largest absolute Gasteiger partial charge is 0.471 e. The molecule has 4 rings (SSSR count). The lowest BCUT2D eigenvalue weighted by Crippen LogP contribution is -2.38. The average Bonchev–Trinajstić information content (AvgIpc) is 3.33. The fourth-order valence-electron chi connectivity index (χ4n) is 3.33. The fourth-order valence-corrected chi connectivity index (χ4v) is 3.33. The SMILES string of the molecule is Cn1c(=O)c2c(ncn2CC(=O)N2CCC(Oc3cnccn3)C2)n(C)c1=O. The molecule has 1 aliphatic heterocycles. The van der Waals surface area contributed by atoms with Crippen LogP contribution >= 0.6 is 0 Å². The van der Waals surface area contributed by atoms with Crippen LogP contribution in [0.15, 0.2) is 34.5 Å². The van der Waals surface area contributed by atoms with Gasteiger partial charge in [0.25, 0.3) is 5.56 Å². The molecule has 1 amide bonds. The summed E-state index contributed by atoms with van der Waals surface area (Å²) in [6.45, 7) is 0.938. The van der Waals surface area contributed by atoms with Crippen LogP contribution in [0.2, 0.25) is 0 Å². The molecule has 0 N–H and O–H groups in total. The summed E-state index contributed by atoms with van der Waals surface area (Å²) >= 11 is 0. The molecule has 0 aliphatic carbocycles. The van der Waals surface area contributed by atoms with Crippen LogP contribution in [-0.2, 0) is 25.4 Å². The topological polar surface area (TPSA) is 117 Å². The van der Waals surface area contributed by atoms with Gasteiger partial charge in [0, 0.05) is 39.5 Å². The number of carbonyl (C=O) groups is 1. The van der Waals surface area contributed by atoms with E-state index in [-0.39, 0.29) is 29.7 Å². The summed E-state index contributed by atoms with van der Waals surface area (Å²) < 4.78 is 9.52. The maximum atomic E-state index is 12.7. The Hall–Kier alpha value is -3.50. The molecule has 146 valence electrons. The Morgan fingerprint density at radius 1 is 1.21 bits per heavy atom. The number of amides is 1. The quantitative estimate of drug-likeness (QED) is 0.560. The maximum absolute atomic E-state index is 12.7. The minimum atomic E-state index is -0.478. The summed E-state index contributed by atoms with van der Waals surface area (Å²) in [5.41, 5.74) is -0.456. The third-order valence-corrected chi connectivity index (χ3v) is 4.85. The summed E-state index contributed by atoms with van der Waals surface area (Å²) in [6, 6.07) is 0. The summed E-state index contributed by atoms with van der Waals surface area (Å²) in [7, 11) is 2.94. The number of ether oxygens (including phenoxy) is 1. The predicted molar refractivity (Wildman–Crippen MR) is 97.9 cm³/mol. The fraction of sp³-hybridized carbons (Fsp3) is 0.412. The van der Waals surface area contributed by atoms with Crippen molar-refractivity contribution in [3.8, 4) is 5.88 Å². The zero-order chi connectivity index (χ0) is 19.8. The normalized spacial score (nSPS) is 16.6. The van der Waals surface area contributed by atoms with Crippen LogP contribution in [0.1, 0.15) is 6.42 Å². The molecule has 0 saturated carbocycles. The Kier molecular flexibility index (Phi) is 4.41. The Labute approximate surface area is 158 Å². The highest BCUT2D eigenvalue weighted by molar-refractivity contribution is 5.79. The van der Waals surface area contributed by atoms with Gasteiger partial charge >= 0.3 is 5.69 Å². The van der Waals surface area contributed by atoms with Gasteiger partial charge in [-0.15, -0.1) is 0 Å². The first kappa shape index (κ1) is 17.9. The predicted octanol–water partition coefficient (Wildman–Crippen LogP) is -1.10. The highest BCUT2D eigenvalue weighted by Crippen LogP contribution is 2.16. The molecule has 0 aromatic carbocycles. The van der Waals surface area contributed by atoms with Gasteiger partial charge in [-0.1, -0.05) is 0 Å². The number of nitrogens with zero attached hydrogens (tertiary/aromatic N) is 7. The van der Waals surface area contributed by atoms with Gasteiger partial charge in [0.05, 0.1) is 19.1 Å². The lowest BCUT2D eigenvalue weighted by Gasteiger charge is -2.17. The smallest absolute Gasteiger partial charge is 0.332 e. The van der Waals surface area contributed by atoms with E-state index in [0.29, 0.717) is 25.4 Å². The molecular formula is C17H19N7O4. The highest BCUT2D eigenvalue weighted by Gasteiger charge is 2.28. The van der Waals surface area contributed by atoms with E-state index < -0.39 is 11.2 Å². The summed E-state index contributed by atoms with van der Waals surface area (Å²) in [5, 5.41) is 0. The van der Waals surface area contributed by atoms with Gasteiger partial charge < -0.3 is 14.2 Å².